The molecule has 1 aromatic carbocycles. The Bertz CT molecular complexity index is 1040. The van der Waals surface area contributed by atoms with Crippen LogP contribution < -0.4 is 15.4 Å². The fraction of sp³-hybridized carbons (Fsp3) is 0.222. The normalized spacial score (nSPS) is 10.9. The molecular formula is C18H19N7O2. The molecule has 0 atom stereocenters. The molecule has 0 amide bonds. The van der Waals surface area contributed by atoms with Crippen molar-refractivity contribution in [2.45, 2.75) is 20.4 Å². The van der Waals surface area contributed by atoms with Crippen LogP contribution in [0.2, 0.25) is 0 Å². The zero-order valence-corrected chi connectivity index (χ0v) is 15.0. The van der Waals surface area contributed by atoms with Crippen molar-refractivity contribution in [3.8, 4) is 6.01 Å². The van der Waals surface area contributed by atoms with E-state index in [-0.39, 0.29) is 6.01 Å². The number of furan rings is 1. The van der Waals surface area contributed by atoms with Crippen molar-refractivity contribution in [2.75, 3.05) is 17.2 Å². The number of ether oxygens (including phenoxy) is 1. The summed E-state index contributed by atoms with van der Waals surface area (Å²) in [7, 11) is 0. The summed E-state index contributed by atoms with van der Waals surface area (Å²) in [5.74, 6) is 2.42. The minimum Gasteiger partial charge on any atom is -0.467 e. The monoisotopic (exact) mass is 365 g/mol. The van der Waals surface area contributed by atoms with Crippen molar-refractivity contribution < 1.29 is 9.15 Å². The number of aryl methyl sites for hydroxylation is 1. The Hall–Kier alpha value is -3.62. The lowest BCUT2D eigenvalue weighted by Gasteiger charge is -2.10. The maximum atomic E-state index is 5.45. The van der Waals surface area contributed by atoms with Crippen LogP contribution in [0.15, 0.2) is 41.0 Å². The van der Waals surface area contributed by atoms with Crippen LogP contribution in [0.25, 0.3) is 11.0 Å². The molecule has 0 saturated carbocycles. The van der Waals surface area contributed by atoms with Crippen LogP contribution in [0.4, 0.5) is 17.6 Å². The molecule has 9 heteroatoms. The summed E-state index contributed by atoms with van der Waals surface area (Å²) in [6.07, 6.45) is 1.62. The molecule has 0 aliphatic rings. The van der Waals surface area contributed by atoms with Crippen LogP contribution in [0.5, 0.6) is 6.01 Å². The van der Waals surface area contributed by atoms with Crippen LogP contribution in [0.1, 0.15) is 18.5 Å². The molecule has 138 valence electrons. The SMILES string of the molecule is CCOc1nc(NCc2ccco2)nc(Nc2ccc3nc(C)[nH]c3c2)n1. The number of aromatic nitrogens is 5. The molecule has 0 bridgehead atoms. The molecule has 0 fully saturated rings. The van der Waals surface area contributed by atoms with Gasteiger partial charge in [0.25, 0.3) is 0 Å². The number of H-pyrrole nitrogens is 1. The highest BCUT2D eigenvalue weighted by molar-refractivity contribution is 5.80. The van der Waals surface area contributed by atoms with Gasteiger partial charge in [-0.15, -0.1) is 0 Å². The number of nitrogens with zero attached hydrogens (tertiary/aromatic N) is 4. The Kier molecular flexibility index (Phi) is 4.56. The zero-order valence-electron chi connectivity index (χ0n) is 15.0. The van der Waals surface area contributed by atoms with E-state index in [1.165, 1.54) is 0 Å². The standard InChI is InChI=1S/C18H19N7O2/c1-3-26-18-24-16(19-10-13-5-4-8-27-13)23-17(25-18)22-12-6-7-14-15(9-12)21-11(2)20-14/h4-9H,3,10H2,1-2H3,(H,20,21)(H2,19,22,23,24,25). The highest BCUT2D eigenvalue weighted by Crippen LogP contribution is 2.21. The molecular weight excluding hydrogens is 346 g/mol. The van der Waals surface area contributed by atoms with Crippen LogP contribution >= 0.6 is 0 Å². The minimum atomic E-state index is 0.246. The molecule has 0 spiro atoms. The topological polar surface area (TPSA) is 114 Å². The van der Waals surface area contributed by atoms with Gasteiger partial charge in [0.05, 0.1) is 30.4 Å². The van der Waals surface area contributed by atoms with Crippen LogP contribution in [0.3, 0.4) is 0 Å². The smallest absolute Gasteiger partial charge is 0.323 e. The summed E-state index contributed by atoms with van der Waals surface area (Å²) in [6, 6.07) is 9.75. The van der Waals surface area contributed by atoms with Crippen molar-refractivity contribution >= 4 is 28.6 Å². The summed E-state index contributed by atoms with van der Waals surface area (Å²) in [4.78, 5) is 20.6. The second-order valence-corrected chi connectivity index (χ2v) is 5.81. The van der Waals surface area contributed by atoms with Crippen molar-refractivity contribution in [2.24, 2.45) is 0 Å². The number of hydrogen-bond donors (Lipinski definition) is 3. The average molecular weight is 365 g/mol. The first-order valence-corrected chi connectivity index (χ1v) is 8.58. The van der Waals surface area contributed by atoms with E-state index in [4.69, 9.17) is 9.15 Å². The highest BCUT2D eigenvalue weighted by atomic mass is 16.5. The molecule has 0 radical (unpaired) electrons. The highest BCUT2D eigenvalue weighted by Gasteiger charge is 2.09. The van der Waals surface area contributed by atoms with E-state index < -0.39 is 0 Å². The van der Waals surface area contributed by atoms with Gasteiger partial charge in [0.15, 0.2) is 0 Å². The van der Waals surface area contributed by atoms with E-state index in [1.807, 2.05) is 44.2 Å². The number of fused-ring (bicyclic) bond motifs is 1. The Morgan fingerprint density at radius 2 is 2.00 bits per heavy atom. The van der Waals surface area contributed by atoms with E-state index in [9.17, 15) is 0 Å². The number of rotatable bonds is 7. The molecule has 3 aromatic heterocycles. The van der Waals surface area contributed by atoms with Gasteiger partial charge in [0.2, 0.25) is 11.9 Å². The van der Waals surface area contributed by atoms with Gasteiger partial charge in [-0.1, -0.05) is 0 Å². The fourth-order valence-corrected chi connectivity index (χ4v) is 2.61. The zero-order chi connectivity index (χ0) is 18.6. The first kappa shape index (κ1) is 16.8. The second kappa shape index (κ2) is 7.32. The molecule has 4 rings (SSSR count). The van der Waals surface area contributed by atoms with Gasteiger partial charge in [-0.2, -0.15) is 15.0 Å². The quantitative estimate of drug-likeness (QED) is 0.456. The largest absolute Gasteiger partial charge is 0.467 e. The van der Waals surface area contributed by atoms with Gasteiger partial charge in [-0.25, -0.2) is 4.98 Å². The summed E-state index contributed by atoms with van der Waals surface area (Å²) in [5.41, 5.74) is 2.68. The van der Waals surface area contributed by atoms with E-state index in [1.54, 1.807) is 6.26 Å². The molecule has 27 heavy (non-hydrogen) atoms. The predicted octanol–water partition coefficient (Wildman–Crippen LogP) is 3.40. The van der Waals surface area contributed by atoms with Gasteiger partial charge >= 0.3 is 6.01 Å². The van der Waals surface area contributed by atoms with Gasteiger partial charge in [-0.05, 0) is 44.2 Å². The fourth-order valence-electron chi connectivity index (χ4n) is 2.61. The summed E-state index contributed by atoms with van der Waals surface area (Å²) in [6.45, 7) is 4.72. The molecule has 9 nitrogen and oxygen atoms in total. The van der Waals surface area contributed by atoms with E-state index in [0.29, 0.717) is 25.0 Å². The third-order valence-corrected chi connectivity index (χ3v) is 3.75. The first-order valence-electron chi connectivity index (χ1n) is 8.58. The number of aromatic amines is 1. The Balaban J connectivity index is 1.57. The maximum Gasteiger partial charge on any atom is 0.323 e. The molecule has 0 aliphatic heterocycles. The Labute approximate surface area is 155 Å². The Morgan fingerprint density at radius 3 is 2.81 bits per heavy atom. The summed E-state index contributed by atoms with van der Waals surface area (Å²) >= 11 is 0. The van der Waals surface area contributed by atoms with Crippen molar-refractivity contribution in [3.63, 3.8) is 0 Å². The van der Waals surface area contributed by atoms with Crippen molar-refractivity contribution in [3.05, 3.63) is 48.2 Å². The average Bonchev–Trinajstić information content (AvgIpc) is 3.28. The first-order chi connectivity index (χ1) is 13.2. The molecule has 4 aromatic rings. The lowest BCUT2D eigenvalue weighted by atomic mass is 10.3. The van der Waals surface area contributed by atoms with E-state index in [0.717, 1.165) is 28.3 Å². The van der Waals surface area contributed by atoms with Crippen LogP contribution in [0, 0.1) is 6.92 Å². The van der Waals surface area contributed by atoms with Gasteiger partial charge in [-0.3, -0.25) is 0 Å². The maximum absolute atomic E-state index is 5.45. The predicted molar refractivity (Wildman–Crippen MR) is 101 cm³/mol. The molecule has 0 unspecified atom stereocenters. The van der Waals surface area contributed by atoms with E-state index in [2.05, 4.69) is 35.6 Å². The van der Waals surface area contributed by atoms with Crippen molar-refractivity contribution in [1.29, 1.82) is 0 Å². The van der Waals surface area contributed by atoms with Crippen LogP contribution in [-0.4, -0.2) is 31.5 Å². The number of nitrogens with one attached hydrogen (secondary N) is 3. The molecule has 3 N–H and O–H groups in total. The lowest BCUT2D eigenvalue weighted by molar-refractivity contribution is 0.312. The molecule has 3 heterocycles. The summed E-state index contributed by atoms with van der Waals surface area (Å²) in [5, 5.41) is 6.30. The third kappa shape index (κ3) is 3.97. The number of benzene rings is 1. The molecule has 0 saturated heterocycles. The van der Waals surface area contributed by atoms with Gasteiger partial charge < -0.3 is 24.8 Å². The number of imidazole rings is 1. The summed E-state index contributed by atoms with van der Waals surface area (Å²) < 4.78 is 10.8. The minimum absolute atomic E-state index is 0.246. The van der Waals surface area contributed by atoms with Gasteiger partial charge in [0, 0.05) is 5.69 Å². The number of hydrogen-bond acceptors (Lipinski definition) is 8. The van der Waals surface area contributed by atoms with Gasteiger partial charge in [0.1, 0.15) is 11.6 Å². The van der Waals surface area contributed by atoms with Crippen molar-refractivity contribution in [1.82, 2.24) is 24.9 Å². The van der Waals surface area contributed by atoms with E-state index >= 15 is 0 Å². The Morgan fingerprint density at radius 1 is 1.11 bits per heavy atom. The third-order valence-electron chi connectivity index (χ3n) is 3.75. The number of anilines is 3. The molecule has 0 aliphatic carbocycles. The van der Waals surface area contributed by atoms with Crippen LogP contribution in [-0.2, 0) is 6.54 Å². The second-order valence-electron chi connectivity index (χ2n) is 5.81. The lowest BCUT2D eigenvalue weighted by Crippen LogP contribution is -2.09.